The molecule has 1 aliphatic carbocycles. The molecule has 0 heterocycles. The van der Waals surface area contributed by atoms with E-state index in [4.69, 9.17) is 10.4 Å². The zero-order chi connectivity index (χ0) is 14.8. The van der Waals surface area contributed by atoms with E-state index in [1.54, 1.807) is 19.1 Å². The Morgan fingerprint density at radius 1 is 1.50 bits per heavy atom. The fourth-order valence-electron chi connectivity index (χ4n) is 2.25. The highest BCUT2D eigenvalue weighted by molar-refractivity contribution is 7.89. The molecule has 5 nitrogen and oxygen atoms in total. The summed E-state index contributed by atoms with van der Waals surface area (Å²) in [5.74, 6) is 0.316. The van der Waals surface area contributed by atoms with E-state index in [0.717, 1.165) is 12.8 Å². The summed E-state index contributed by atoms with van der Waals surface area (Å²) in [5.41, 5.74) is 0.927. The highest BCUT2D eigenvalue weighted by atomic mass is 32.2. The fraction of sp³-hybridized carbons (Fsp3) is 0.500. The van der Waals surface area contributed by atoms with Gasteiger partial charge in [-0.05, 0) is 49.8 Å². The smallest absolute Gasteiger partial charge is 0.241 e. The topological polar surface area (TPSA) is 90.2 Å². The number of rotatable bonds is 6. The van der Waals surface area contributed by atoms with E-state index in [1.807, 2.05) is 6.07 Å². The maximum Gasteiger partial charge on any atom is 0.241 e. The molecule has 0 aliphatic heterocycles. The van der Waals surface area contributed by atoms with Crippen LogP contribution >= 0.6 is 0 Å². The summed E-state index contributed by atoms with van der Waals surface area (Å²) in [7, 11) is -3.66. The van der Waals surface area contributed by atoms with Gasteiger partial charge in [0.2, 0.25) is 10.0 Å². The molecule has 2 N–H and O–H groups in total. The van der Waals surface area contributed by atoms with Crippen LogP contribution in [0.4, 0.5) is 0 Å². The molecule has 1 atom stereocenters. The number of aliphatic hydroxyl groups is 1. The number of aliphatic hydroxyl groups excluding tert-OH is 1. The van der Waals surface area contributed by atoms with Crippen molar-refractivity contribution in [2.75, 3.05) is 6.61 Å². The first kappa shape index (κ1) is 15.0. The molecule has 6 heteroatoms. The van der Waals surface area contributed by atoms with Crippen molar-refractivity contribution in [3.63, 3.8) is 0 Å². The molecule has 1 aliphatic rings. The summed E-state index contributed by atoms with van der Waals surface area (Å²) >= 11 is 0. The largest absolute Gasteiger partial charge is 0.396 e. The van der Waals surface area contributed by atoms with E-state index < -0.39 is 10.0 Å². The molecule has 1 aromatic rings. The minimum Gasteiger partial charge on any atom is -0.396 e. The number of nitrogens with one attached hydrogen (secondary N) is 1. The van der Waals surface area contributed by atoms with E-state index >= 15 is 0 Å². The lowest BCUT2D eigenvalue weighted by Crippen LogP contribution is -2.37. The van der Waals surface area contributed by atoms with Crippen molar-refractivity contribution >= 4 is 10.0 Å². The van der Waals surface area contributed by atoms with Crippen molar-refractivity contribution in [2.45, 2.75) is 37.1 Å². The number of hydrogen-bond acceptors (Lipinski definition) is 4. The Kier molecular flexibility index (Phi) is 4.43. The van der Waals surface area contributed by atoms with Gasteiger partial charge in [0.05, 0.1) is 16.5 Å². The number of nitriles is 1. The Morgan fingerprint density at radius 2 is 2.20 bits per heavy atom. The van der Waals surface area contributed by atoms with Crippen LogP contribution in [0.15, 0.2) is 23.1 Å². The van der Waals surface area contributed by atoms with Crippen LogP contribution in [0.5, 0.6) is 0 Å². The van der Waals surface area contributed by atoms with Gasteiger partial charge in [0.25, 0.3) is 0 Å². The highest BCUT2D eigenvalue weighted by Crippen LogP contribution is 2.34. The summed E-state index contributed by atoms with van der Waals surface area (Å²) in [6.07, 6.45) is 2.40. The minimum absolute atomic E-state index is 0.0408. The van der Waals surface area contributed by atoms with E-state index in [-0.39, 0.29) is 17.5 Å². The lowest BCUT2D eigenvalue weighted by molar-refractivity contribution is 0.265. The Labute approximate surface area is 119 Å². The van der Waals surface area contributed by atoms with Crippen LogP contribution < -0.4 is 4.72 Å². The molecular weight excluding hydrogens is 276 g/mol. The summed E-state index contributed by atoms with van der Waals surface area (Å²) in [6.45, 7) is 1.66. The predicted molar refractivity (Wildman–Crippen MR) is 74.4 cm³/mol. The molecule has 0 saturated heterocycles. The van der Waals surface area contributed by atoms with Gasteiger partial charge in [-0.3, -0.25) is 0 Å². The maximum absolute atomic E-state index is 12.4. The van der Waals surface area contributed by atoms with Crippen LogP contribution in [-0.4, -0.2) is 26.2 Å². The second-order valence-electron chi connectivity index (χ2n) is 5.17. The third kappa shape index (κ3) is 3.37. The first-order valence-electron chi connectivity index (χ1n) is 6.62. The van der Waals surface area contributed by atoms with Crippen molar-refractivity contribution in [3.05, 3.63) is 29.3 Å². The molecule has 20 heavy (non-hydrogen) atoms. The van der Waals surface area contributed by atoms with Crippen molar-refractivity contribution in [3.8, 4) is 6.07 Å². The van der Waals surface area contributed by atoms with Crippen molar-refractivity contribution in [2.24, 2.45) is 5.92 Å². The maximum atomic E-state index is 12.4. The van der Waals surface area contributed by atoms with E-state index in [2.05, 4.69) is 4.72 Å². The fourth-order valence-corrected chi connectivity index (χ4v) is 3.86. The second-order valence-corrected chi connectivity index (χ2v) is 6.85. The summed E-state index contributed by atoms with van der Waals surface area (Å²) in [6, 6.07) is 6.34. The van der Waals surface area contributed by atoms with E-state index in [9.17, 15) is 8.42 Å². The quantitative estimate of drug-likeness (QED) is 0.827. The van der Waals surface area contributed by atoms with Crippen LogP contribution in [-0.2, 0) is 10.0 Å². The molecular formula is C14H18N2O3S. The molecule has 0 bridgehead atoms. The van der Waals surface area contributed by atoms with Crippen LogP contribution in [0.3, 0.4) is 0 Å². The van der Waals surface area contributed by atoms with Gasteiger partial charge in [0.15, 0.2) is 0 Å². The van der Waals surface area contributed by atoms with Crippen LogP contribution in [0.25, 0.3) is 0 Å². The lowest BCUT2D eigenvalue weighted by Gasteiger charge is -2.18. The summed E-state index contributed by atoms with van der Waals surface area (Å²) < 4.78 is 27.5. The van der Waals surface area contributed by atoms with Gasteiger partial charge in [0, 0.05) is 12.6 Å². The zero-order valence-corrected chi connectivity index (χ0v) is 12.2. The molecule has 0 amide bonds. The minimum atomic E-state index is -3.66. The molecule has 1 aromatic carbocycles. The standard InChI is InChI=1S/C14H18N2O3S/c1-10-2-3-11(9-15)8-14(10)20(18,19)16-13(6-7-17)12-4-5-12/h2-3,8,12-13,16-17H,4-7H2,1H3. The van der Waals surface area contributed by atoms with Crippen LogP contribution in [0, 0.1) is 24.2 Å². The van der Waals surface area contributed by atoms with Gasteiger partial charge in [-0.15, -0.1) is 0 Å². The third-order valence-electron chi connectivity index (χ3n) is 3.54. The highest BCUT2D eigenvalue weighted by Gasteiger charge is 2.34. The first-order valence-corrected chi connectivity index (χ1v) is 8.10. The van der Waals surface area contributed by atoms with E-state index in [0.29, 0.717) is 23.5 Å². The van der Waals surface area contributed by atoms with Gasteiger partial charge < -0.3 is 5.11 Å². The van der Waals surface area contributed by atoms with Crippen molar-refractivity contribution in [1.82, 2.24) is 4.72 Å². The lowest BCUT2D eigenvalue weighted by atomic mass is 10.1. The second kappa shape index (κ2) is 5.92. The Hall–Kier alpha value is -1.42. The average molecular weight is 294 g/mol. The molecule has 0 aromatic heterocycles. The molecule has 0 radical (unpaired) electrons. The first-order chi connectivity index (χ1) is 9.47. The number of nitrogens with zero attached hydrogens (tertiary/aromatic N) is 1. The molecule has 2 rings (SSSR count). The molecule has 0 spiro atoms. The zero-order valence-electron chi connectivity index (χ0n) is 11.3. The van der Waals surface area contributed by atoms with E-state index in [1.165, 1.54) is 6.07 Å². The predicted octanol–water partition coefficient (Wildman–Crippen LogP) is 1.31. The van der Waals surface area contributed by atoms with Crippen LogP contribution in [0.1, 0.15) is 30.4 Å². The van der Waals surface area contributed by atoms with Gasteiger partial charge in [-0.25, -0.2) is 13.1 Å². The monoisotopic (exact) mass is 294 g/mol. The number of sulfonamides is 1. The summed E-state index contributed by atoms with van der Waals surface area (Å²) in [5, 5.41) is 17.9. The average Bonchev–Trinajstić information content (AvgIpc) is 3.22. The van der Waals surface area contributed by atoms with Gasteiger partial charge in [-0.1, -0.05) is 6.07 Å². The Balaban J connectivity index is 2.27. The number of hydrogen-bond donors (Lipinski definition) is 2. The Bertz CT molecular complexity index is 630. The molecule has 1 unspecified atom stereocenters. The van der Waals surface area contributed by atoms with Crippen molar-refractivity contribution < 1.29 is 13.5 Å². The Morgan fingerprint density at radius 3 is 2.75 bits per heavy atom. The SMILES string of the molecule is Cc1ccc(C#N)cc1S(=O)(=O)NC(CCO)C1CC1. The third-order valence-corrected chi connectivity index (χ3v) is 5.18. The molecule has 1 fully saturated rings. The number of benzene rings is 1. The summed E-state index contributed by atoms with van der Waals surface area (Å²) in [4.78, 5) is 0.139. The van der Waals surface area contributed by atoms with Crippen molar-refractivity contribution in [1.29, 1.82) is 5.26 Å². The number of aryl methyl sites for hydroxylation is 1. The van der Waals surface area contributed by atoms with Crippen LogP contribution in [0.2, 0.25) is 0 Å². The van der Waals surface area contributed by atoms with Gasteiger partial charge in [-0.2, -0.15) is 5.26 Å². The van der Waals surface area contributed by atoms with Gasteiger partial charge in [0.1, 0.15) is 0 Å². The molecule has 1 saturated carbocycles. The van der Waals surface area contributed by atoms with Gasteiger partial charge >= 0.3 is 0 Å². The normalized spacial score (nSPS) is 16.6. The molecule has 108 valence electrons.